The first-order valence-corrected chi connectivity index (χ1v) is 6.29. The van der Waals surface area contributed by atoms with Crippen LogP contribution >= 0.6 is 0 Å². The van der Waals surface area contributed by atoms with E-state index in [1.165, 1.54) is 62.5 Å². The lowest BCUT2D eigenvalue weighted by atomic mass is 10.1. The molecule has 82 valence electrons. The number of hydrogen-bond acceptors (Lipinski definition) is 0. The van der Waals surface area contributed by atoms with E-state index in [0.717, 1.165) is 0 Å². The topological polar surface area (TPSA) is 0 Å². The molecule has 1 aliphatic rings. The van der Waals surface area contributed by atoms with Crippen LogP contribution in [0.15, 0.2) is 12.3 Å². The third-order valence-electron chi connectivity index (χ3n) is 3.29. The molecule has 1 rings (SSSR count). The van der Waals surface area contributed by atoms with E-state index in [1.54, 1.807) is 0 Å². The molecule has 1 heteroatoms. The maximum Gasteiger partial charge on any atom is 0.0918 e. The lowest BCUT2D eigenvalue weighted by Crippen LogP contribution is -2.37. The third kappa shape index (κ3) is 4.28. The van der Waals surface area contributed by atoms with Gasteiger partial charge in [0.2, 0.25) is 0 Å². The van der Waals surface area contributed by atoms with Gasteiger partial charge in [-0.05, 0) is 18.9 Å². The second-order valence-electron chi connectivity index (χ2n) is 4.87. The first-order valence-electron chi connectivity index (χ1n) is 6.29. The van der Waals surface area contributed by atoms with Crippen LogP contribution in [-0.2, 0) is 0 Å². The summed E-state index contributed by atoms with van der Waals surface area (Å²) in [5.74, 6) is 0. The Balaban J connectivity index is 1.95. The molecule has 0 aromatic heterocycles. The number of rotatable bonds is 7. The van der Waals surface area contributed by atoms with Crippen LogP contribution in [0.25, 0.3) is 0 Å². The van der Waals surface area contributed by atoms with Crippen molar-refractivity contribution in [2.75, 3.05) is 20.1 Å². The molecule has 1 heterocycles. The monoisotopic (exact) mass is 196 g/mol. The van der Waals surface area contributed by atoms with Crippen LogP contribution in [0.5, 0.6) is 0 Å². The third-order valence-corrected chi connectivity index (χ3v) is 3.29. The zero-order valence-electron chi connectivity index (χ0n) is 9.97. The molecule has 14 heavy (non-hydrogen) atoms. The van der Waals surface area contributed by atoms with Gasteiger partial charge in [-0.15, -0.1) is 0 Å². The molecule has 0 aromatic rings. The molecule has 0 N–H and O–H groups in total. The Kier molecular flexibility index (Phi) is 5.24. The minimum absolute atomic E-state index is 1.19. The van der Waals surface area contributed by atoms with Gasteiger partial charge in [-0.2, -0.15) is 0 Å². The van der Waals surface area contributed by atoms with Crippen molar-refractivity contribution in [2.24, 2.45) is 0 Å². The molecule has 1 atom stereocenters. The fourth-order valence-corrected chi connectivity index (χ4v) is 2.21. The van der Waals surface area contributed by atoms with Crippen LogP contribution in [0.1, 0.15) is 51.9 Å². The molecule has 0 saturated carbocycles. The van der Waals surface area contributed by atoms with Crippen molar-refractivity contribution in [1.29, 1.82) is 0 Å². The zero-order chi connectivity index (χ0) is 10.3. The molecule has 1 aliphatic heterocycles. The number of quaternary nitrogens is 1. The summed E-state index contributed by atoms with van der Waals surface area (Å²) in [6, 6.07) is 0. The van der Waals surface area contributed by atoms with Gasteiger partial charge in [0.25, 0.3) is 0 Å². The predicted octanol–water partition coefficient (Wildman–Crippen LogP) is 3.71. The molecule has 0 fully saturated rings. The zero-order valence-corrected chi connectivity index (χ0v) is 9.97. The normalized spacial score (nSPS) is 25.9. The second-order valence-corrected chi connectivity index (χ2v) is 4.87. The van der Waals surface area contributed by atoms with Gasteiger partial charge < -0.3 is 0 Å². The van der Waals surface area contributed by atoms with Gasteiger partial charge in [-0.3, -0.25) is 4.48 Å². The summed E-state index contributed by atoms with van der Waals surface area (Å²) in [4.78, 5) is 0. The van der Waals surface area contributed by atoms with E-state index in [0.29, 0.717) is 0 Å². The van der Waals surface area contributed by atoms with Gasteiger partial charge in [0, 0.05) is 6.42 Å². The first-order chi connectivity index (χ1) is 6.77. The van der Waals surface area contributed by atoms with Gasteiger partial charge in [0.15, 0.2) is 0 Å². The van der Waals surface area contributed by atoms with E-state index in [2.05, 4.69) is 26.2 Å². The SMILES string of the molecule is CCCCCCCC[N+]1(C)C=CCC1. The van der Waals surface area contributed by atoms with E-state index >= 15 is 0 Å². The Bertz CT molecular complexity index is 174. The number of nitrogens with zero attached hydrogens (tertiary/aromatic N) is 1. The lowest BCUT2D eigenvalue weighted by Gasteiger charge is -2.26. The smallest absolute Gasteiger partial charge is 0.0918 e. The van der Waals surface area contributed by atoms with E-state index in [-0.39, 0.29) is 0 Å². The molecule has 0 saturated heterocycles. The predicted molar refractivity (Wildman–Crippen MR) is 63.1 cm³/mol. The Morgan fingerprint density at radius 3 is 2.43 bits per heavy atom. The van der Waals surface area contributed by atoms with Gasteiger partial charge in [-0.25, -0.2) is 0 Å². The van der Waals surface area contributed by atoms with Crippen molar-refractivity contribution >= 4 is 0 Å². The Labute approximate surface area is 89.4 Å². The minimum atomic E-state index is 1.19. The van der Waals surface area contributed by atoms with Crippen molar-refractivity contribution < 1.29 is 4.48 Å². The van der Waals surface area contributed by atoms with Gasteiger partial charge in [0.05, 0.1) is 26.3 Å². The Hall–Kier alpha value is -0.300. The summed E-state index contributed by atoms with van der Waals surface area (Å²) < 4.78 is 1.19. The summed E-state index contributed by atoms with van der Waals surface area (Å²) in [6.45, 7) is 4.96. The number of hydrogen-bond donors (Lipinski definition) is 0. The van der Waals surface area contributed by atoms with Gasteiger partial charge >= 0.3 is 0 Å². The molecule has 1 unspecified atom stereocenters. The Morgan fingerprint density at radius 2 is 1.79 bits per heavy atom. The van der Waals surface area contributed by atoms with E-state index in [1.807, 2.05) is 0 Å². The van der Waals surface area contributed by atoms with Gasteiger partial charge in [0.1, 0.15) is 0 Å². The van der Waals surface area contributed by atoms with Gasteiger partial charge in [-0.1, -0.05) is 32.6 Å². The van der Waals surface area contributed by atoms with E-state index in [4.69, 9.17) is 0 Å². The summed E-state index contributed by atoms with van der Waals surface area (Å²) in [5.41, 5.74) is 0. The fraction of sp³-hybridized carbons (Fsp3) is 0.846. The second kappa shape index (κ2) is 6.23. The van der Waals surface area contributed by atoms with Crippen molar-refractivity contribution in [3.63, 3.8) is 0 Å². The van der Waals surface area contributed by atoms with Crippen molar-refractivity contribution in [2.45, 2.75) is 51.9 Å². The standard InChI is InChI=1S/C13H26N/c1-3-4-5-6-7-8-11-14(2)12-9-10-13-14/h9,12H,3-8,10-11,13H2,1-2H3/q+1. The molecule has 0 amide bonds. The van der Waals surface area contributed by atoms with Crippen LogP contribution in [0, 0.1) is 0 Å². The van der Waals surface area contributed by atoms with Crippen molar-refractivity contribution in [3.05, 3.63) is 12.3 Å². The molecular weight excluding hydrogens is 170 g/mol. The molecule has 0 spiro atoms. The summed E-state index contributed by atoms with van der Waals surface area (Å²) in [5, 5.41) is 0. The number of unbranched alkanes of at least 4 members (excludes halogenated alkanes) is 5. The Morgan fingerprint density at radius 1 is 1.07 bits per heavy atom. The maximum atomic E-state index is 2.38. The molecule has 0 aromatic carbocycles. The van der Waals surface area contributed by atoms with Crippen LogP contribution in [0.4, 0.5) is 0 Å². The highest BCUT2D eigenvalue weighted by Crippen LogP contribution is 2.16. The van der Waals surface area contributed by atoms with Crippen LogP contribution in [0.3, 0.4) is 0 Å². The average Bonchev–Trinajstić information content (AvgIpc) is 2.59. The summed E-state index contributed by atoms with van der Waals surface area (Å²) >= 11 is 0. The fourth-order valence-electron chi connectivity index (χ4n) is 2.21. The average molecular weight is 196 g/mol. The lowest BCUT2D eigenvalue weighted by molar-refractivity contribution is -0.854. The highest BCUT2D eigenvalue weighted by molar-refractivity contribution is 4.80. The molecule has 1 nitrogen and oxygen atoms in total. The molecular formula is C13H26N+. The molecule has 0 bridgehead atoms. The first kappa shape index (κ1) is 11.8. The minimum Gasteiger partial charge on any atom is -0.300 e. The summed E-state index contributed by atoms with van der Waals surface area (Å²) in [6.07, 6.45) is 14.5. The quantitative estimate of drug-likeness (QED) is 0.430. The highest BCUT2D eigenvalue weighted by atomic mass is 15.3. The highest BCUT2D eigenvalue weighted by Gasteiger charge is 2.20. The van der Waals surface area contributed by atoms with E-state index in [9.17, 15) is 0 Å². The molecule has 0 aliphatic carbocycles. The van der Waals surface area contributed by atoms with Crippen LogP contribution in [-0.4, -0.2) is 24.6 Å². The maximum absolute atomic E-state index is 2.38. The van der Waals surface area contributed by atoms with Crippen molar-refractivity contribution in [3.8, 4) is 0 Å². The largest absolute Gasteiger partial charge is 0.300 e. The summed E-state index contributed by atoms with van der Waals surface area (Å²) in [7, 11) is 2.36. The van der Waals surface area contributed by atoms with E-state index < -0.39 is 0 Å². The van der Waals surface area contributed by atoms with Crippen molar-refractivity contribution in [1.82, 2.24) is 0 Å². The molecule has 0 radical (unpaired) electrons. The van der Waals surface area contributed by atoms with Crippen LogP contribution < -0.4 is 0 Å². The van der Waals surface area contributed by atoms with Crippen LogP contribution in [0.2, 0.25) is 0 Å².